The Hall–Kier alpha value is -1.63. The fourth-order valence-electron chi connectivity index (χ4n) is 2.07. The molecule has 3 N–H and O–H groups in total. The highest BCUT2D eigenvalue weighted by molar-refractivity contribution is 5.88. The molecule has 0 aromatic heterocycles. The number of amides is 2. The van der Waals surface area contributed by atoms with Gasteiger partial charge in [0.15, 0.2) is 0 Å². The molecule has 1 fully saturated rings. The number of aliphatic carboxylic acids is 1. The average molecular weight is 299 g/mol. The van der Waals surface area contributed by atoms with E-state index in [1.54, 1.807) is 6.92 Å². The third kappa shape index (κ3) is 4.70. The maximum atomic E-state index is 12.2. The van der Waals surface area contributed by atoms with E-state index >= 15 is 0 Å². The first-order valence-corrected chi connectivity index (χ1v) is 7.34. The monoisotopic (exact) mass is 299 g/mol. The van der Waals surface area contributed by atoms with E-state index in [0.717, 1.165) is 0 Å². The van der Waals surface area contributed by atoms with Crippen molar-refractivity contribution in [1.29, 1.82) is 0 Å². The van der Waals surface area contributed by atoms with Crippen LogP contribution in [0.15, 0.2) is 0 Å². The van der Waals surface area contributed by atoms with Crippen LogP contribution in [0.5, 0.6) is 0 Å². The van der Waals surface area contributed by atoms with Gasteiger partial charge in [0.1, 0.15) is 12.1 Å². The molecule has 0 aromatic rings. The van der Waals surface area contributed by atoms with Crippen molar-refractivity contribution in [1.82, 2.24) is 15.8 Å². The minimum Gasteiger partial charge on any atom is -0.480 e. The molecular weight excluding hydrogens is 274 g/mol. The maximum Gasteiger partial charge on any atom is 0.322 e. The van der Waals surface area contributed by atoms with Crippen molar-refractivity contribution in [3.63, 3.8) is 0 Å². The summed E-state index contributed by atoms with van der Waals surface area (Å²) in [4.78, 5) is 35.2. The molecular formula is C14H25N3O4. The van der Waals surface area contributed by atoms with Crippen LogP contribution in [0.1, 0.15) is 40.5 Å². The molecule has 0 aromatic carbocycles. The van der Waals surface area contributed by atoms with Gasteiger partial charge in [-0.2, -0.15) is 0 Å². The Balaban J connectivity index is 2.57. The van der Waals surface area contributed by atoms with Gasteiger partial charge in [0, 0.05) is 12.5 Å². The number of carboxylic acids is 1. The van der Waals surface area contributed by atoms with E-state index in [1.807, 2.05) is 20.8 Å². The van der Waals surface area contributed by atoms with E-state index in [1.165, 1.54) is 5.01 Å². The van der Waals surface area contributed by atoms with Crippen molar-refractivity contribution in [3.05, 3.63) is 0 Å². The van der Waals surface area contributed by atoms with Gasteiger partial charge in [-0.1, -0.05) is 20.8 Å². The van der Waals surface area contributed by atoms with Crippen molar-refractivity contribution >= 4 is 17.8 Å². The van der Waals surface area contributed by atoms with E-state index in [9.17, 15) is 14.4 Å². The van der Waals surface area contributed by atoms with Gasteiger partial charge in [-0.15, -0.1) is 0 Å². The minimum absolute atomic E-state index is 0.169. The second-order valence-electron chi connectivity index (χ2n) is 5.91. The van der Waals surface area contributed by atoms with Gasteiger partial charge in [-0.05, 0) is 25.7 Å². The number of carboxylic acid groups (broad SMARTS) is 1. The van der Waals surface area contributed by atoms with Gasteiger partial charge in [0.05, 0.1) is 0 Å². The molecule has 0 spiro atoms. The van der Waals surface area contributed by atoms with Crippen LogP contribution in [0, 0.1) is 11.8 Å². The summed E-state index contributed by atoms with van der Waals surface area (Å²) in [6, 6.07) is -1.43. The van der Waals surface area contributed by atoms with Gasteiger partial charge < -0.3 is 10.4 Å². The highest BCUT2D eigenvalue weighted by atomic mass is 16.4. The third-order valence-corrected chi connectivity index (χ3v) is 3.89. The van der Waals surface area contributed by atoms with Crippen LogP contribution >= 0.6 is 0 Å². The summed E-state index contributed by atoms with van der Waals surface area (Å²) in [6.45, 7) is 7.76. The fourth-order valence-corrected chi connectivity index (χ4v) is 2.07. The number of nitrogens with zero attached hydrogens (tertiary/aromatic N) is 1. The highest BCUT2D eigenvalue weighted by Gasteiger charge is 2.31. The lowest BCUT2D eigenvalue weighted by Crippen LogP contribution is -2.59. The molecule has 0 radical (unpaired) electrons. The predicted octanol–water partition coefficient (Wildman–Crippen LogP) is 0.363. The largest absolute Gasteiger partial charge is 0.480 e. The Kier molecular flexibility index (Phi) is 6.14. The van der Waals surface area contributed by atoms with Crippen LogP contribution in [0.2, 0.25) is 0 Å². The lowest BCUT2D eigenvalue weighted by molar-refractivity contribution is -0.148. The number of hydrazine groups is 1. The van der Waals surface area contributed by atoms with Crippen LogP contribution in [0.25, 0.3) is 0 Å². The van der Waals surface area contributed by atoms with Crippen LogP contribution in [0.4, 0.5) is 0 Å². The normalized spacial score (nSPS) is 21.8. The van der Waals surface area contributed by atoms with Crippen LogP contribution < -0.4 is 10.7 Å². The third-order valence-electron chi connectivity index (χ3n) is 3.89. The Morgan fingerprint density at radius 2 is 1.86 bits per heavy atom. The summed E-state index contributed by atoms with van der Waals surface area (Å²) >= 11 is 0. The molecule has 120 valence electrons. The summed E-state index contributed by atoms with van der Waals surface area (Å²) < 4.78 is 0. The summed E-state index contributed by atoms with van der Waals surface area (Å²) in [6.07, 6.45) is 1.11. The molecule has 1 aliphatic rings. The summed E-state index contributed by atoms with van der Waals surface area (Å²) in [5.41, 5.74) is 2.69. The van der Waals surface area contributed by atoms with Crippen molar-refractivity contribution in [3.8, 4) is 0 Å². The molecule has 0 aliphatic carbocycles. The van der Waals surface area contributed by atoms with E-state index in [0.29, 0.717) is 19.4 Å². The molecule has 0 saturated carbocycles. The fraction of sp³-hybridized carbons (Fsp3) is 0.786. The Bertz CT molecular complexity index is 411. The molecule has 3 atom stereocenters. The Labute approximate surface area is 125 Å². The first-order valence-electron chi connectivity index (χ1n) is 7.34. The number of hydrogen-bond acceptors (Lipinski definition) is 4. The zero-order valence-corrected chi connectivity index (χ0v) is 13.0. The lowest BCUT2D eigenvalue weighted by atomic mass is 9.97. The highest BCUT2D eigenvalue weighted by Crippen LogP contribution is 2.11. The number of carbonyl (C=O) groups excluding carboxylic acids is 2. The average Bonchev–Trinajstić information content (AvgIpc) is 2.45. The number of hydrogen-bond donors (Lipinski definition) is 3. The second kappa shape index (κ2) is 7.40. The molecule has 2 amide bonds. The number of nitrogens with one attached hydrogen (secondary N) is 2. The maximum absolute atomic E-state index is 12.2. The topological polar surface area (TPSA) is 98.7 Å². The first kappa shape index (κ1) is 17.4. The molecule has 1 saturated heterocycles. The molecule has 1 rings (SSSR count). The van der Waals surface area contributed by atoms with Crippen molar-refractivity contribution in [2.75, 3.05) is 6.54 Å². The van der Waals surface area contributed by atoms with Crippen molar-refractivity contribution in [2.24, 2.45) is 11.8 Å². The summed E-state index contributed by atoms with van der Waals surface area (Å²) in [5, 5.41) is 13.0. The van der Waals surface area contributed by atoms with Gasteiger partial charge in [-0.3, -0.25) is 19.4 Å². The van der Waals surface area contributed by atoms with Gasteiger partial charge in [-0.25, -0.2) is 5.43 Å². The zero-order valence-electron chi connectivity index (χ0n) is 13.0. The van der Waals surface area contributed by atoms with Gasteiger partial charge in [0.2, 0.25) is 5.91 Å². The number of rotatable bonds is 5. The molecule has 0 bridgehead atoms. The summed E-state index contributed by atoms with van der Waals surface area (Å²) in [7, 11) is 0. The van der Waals surface area contributed by atoms with Crippen molar-refractivity contribution < 1.29 is 19.5 Å². The molecule has 1 heterocycles. The standard InChI is InChI=1S/C14H25N3O4/c1-8(2)9(3)12(18)15-10(4)13(19)17-7-5-6-11(16-17)14(20)21/h8-11,16H,5-7H2,1-4H3,(H,15,18)(H,20,21)/t9-,10?,11?/m0/s1. The van der Waals surface area contributed by atoms with Crippen molar-refractivity contribution in [2.45, 2.75) is 52.6 Å². The first-order chi connectivity index (χ1) is 9.73. The van der Waals surface area contributed by atoms with Gasteiger partial charge in [0.25, 0.3) is 5.91 Å². The van der Waals surface area contributed by atoms with E-state index in [-0.39, 0.29) is 23.7 Å². The Morgan fingerprint density at radius 3 is 2.38 bits per heavy atom. The Morgan fingerprint density at radius 1 is 1.24 bits per heavy atom. The number of carbonyl (C=O) groups is 3. The van der Waals surface area contributed by atoms with Crippen LogP contribution in [-0.4, -0.2) is 46.5 Å². The second-order valence-corrected chi connectivity index (χ2v) is 5.91. The van der Waals surface area contributed by atoms with Crippen LogP contribution in [-0.2, 0) is 14.4 Å². The summed E-state index contributed by atoms with van der Waals surface area (Å²) in [5.74, 6) is -1.45. The minimum atomic E-state index is -0.974. The molecule has 1 aliphatic heterocycles. The zero-order chi connectivity index (χ0) is 16.2. The van der Waals surface area contributed by atoms with Crippen LogP contribution in [0.3, 0.4) is 0 Å². The lowest BCUT2D eigenvalue weighted by Gasteiger charge is -2.33. The molecule has 7 heteroatoms. The molecule has 7 nitrogen and oxygen atoms in total. The smallest absolute Gasteiger partial charge is 0.322 e. The van der Waals surface area contributed by atoms with E-state index in [4.69, 9.17) is 5.11 Å². The predicted molar refractivity (Wildman–Crippen MR) is 77.1 cm³/mol. The molecule has 2 unspecified atom stereocenters. The van der Waals surface area contributed by atoms with Gasteiger partial charge >= 0.3 is 5.97 Å². The van der Waals surface area contributed by atoms with E-state index in [2.05, 4.69) is 10.7 Å². The molecule has 21 heavy (non-hydrogen) atoms. The quantitative estimate of drug-likeness (QED) is 0.681. The SMILES string of the molecule is CC(NC(=O)[C@@H](C)C(C)C)C(=O)N1CCCC(C(=O)O)N1. The van der Waals surface area contributed by atoms with E-state index < -0.39 is 18.1 Å².